The van der Waals surface area contributed by atoms with Crippen LogP contribution in [0.3, 0.4) is 0 Å². The molecule has 6 aromatic rings. The fourth-order valence-electron chi connectivity index (χ4n) is 4.38. The van der Waals surface area contributed by atoms with E-state index in [0.717, 1.165) is 28.3 Å². The van der Waals surface area contributed by atoms with Gasteiger partial charge in [0.2, 0.25) is 10.0 Å². The molecule has 0 atom stereocenters. The first kappa shape index (κ1) is 23.8. The monoisotopic (exact) mass is 528 g/mol. The molecule has 5 aromatic heterocycles. The van der Waals surface area contributed by atoms with Crippen LogP contribution in [-0.4, -0.2) is 49.8 Å². The third kappa shape index (κ3) is 4.51. The molecule has 0 aliphatic heterocycles. The maximum Gasteiger partial charge on any atom is 0.209 e. The Hall–Kier alpha value is -4.55. The topological polar surface area (TPSA) is 142 Å². The van der Waals surface area contributed by atoms with Gasteiger partial charge in [0.25, 0.3) is 0 Å². The number of benzene rings is 1. The van der Waals surface area contributed by atoms with Gasteiger partial charge < -0.3 is 4.98 Å². The van der Waals surface area contributed by atoms with E-state index in [1.54, 1.807) is 36.9 Å². The first-order chi connectivity index (χ1) is 18.2. The van der Waals surface area contributed by atoms with E-state index in [4.69, 9.17) is 4.98 Å². The van der Waals surface area contributed by atoms with Crippen LogP contribution in [0.25, 0.3) is 56.0 Å². The van der Waals surface area contributed by atoms with Crippen molar-refractivity contribution < 1.29 is 12.8 Å². The van der Waals surface area contributed by atoms with E-state index >= 15 is 0 Å². The fraction of sp³-hybridized carbons (Fsp3) is 0.115. The van der Waals surface area contributed by atoms with Gasteiger partial charge in [-0.3, -0.25) is 10.1 Å². The zero-order valence-electron chi connectivity index (χ0n) is 20.3. The number of aryl methyl sites for hydroxylation is 1. The van der Waals surface area contributed by atoms with Gasteiger partial charge in [-0.1, -0.05) is 0 Å². The lowest BCUT2D eigenvalue weighted by atomic mass is 10.0. The van der Waals surface area contributed by atoms with Crippen molar-refractivity contribution in [1.29, 1.82) is 0 Å². The summed E-state index contributed by atoms with van der Waals surface area (Å²) in [5.41, 5.74) is 6.80. The molecule has 0 aliphatic carbocycles. The summed E-state index contributed by atoms with van der Waals surface area (Å²) in [4.78, 5) is 21.1. The van der Waals surface area contributed by atoms with Gasteiger partial charge in [-0.05, 0) is 60.0 Å². The predicted octanol–water partition coefficient (Wildman–Crippen LogP) is 4.12. The van der Waals surface area contributed by atoms with Gasteiger partial charge in [-0.25, -0.2) is 32.5 Å². The minimum absolute atomic E-state index is 0.0331. The first-order valence-electron chi connectivity index (χ1n) is 11.6. The average molecular weight is 529 g/mol. The molecule has 0 radical (unpaired) electrons. The van der Waals surface area contributed by atoms with Crippen LogP contribution in [0.2, 0.25) is 0 Å². The highest BCUT2D eigenvalue weighted by Crippen LogP contribution is 2.33. The number of nitrogens with one attached hydrogen (secondary N) is 3. The van der Waals surface area contributed by atoms with Gasteiger partial charge >= 0.3 is 0 Å². The summed E-state index contributed by atoms with van der Waals surface area (Å²) >= 11 is 0. The van der Waals surface area contributed by atoms with E-state index in [1.807, 2.05) is 19.1 Å². The number of nitrogens with zero attached hydrogens (tertiary/aromatic N) is 5. The lowest BCUT2D eigenvalue weighted by Crippen LogP contribution is -2.21. The number of aromatic nitrogens is 7. The van der Waals surface area contributed by atoms with E-state index in [1.165, 1.54) is 12.1 Å². The molecule has 10 nitrogen and oxygen atoms in total. The zero-order valence-corrected chi connectivity index (χ0v) is 21.1. The smallest absolute Gasteiger partial charge is 0.209 e. The molecule has 1 aromatic carbocycles. The number of hydrogen-bond acceptors (Lipinski definition) is 7. The first-order valence-corrected chi connectivity index (χ1v) is 13.5. The predicted molar refractivity (Wildman–Crippen MR) is 142 cm³/mol. The fourth-order valence-corrected chi connectivity index (χ4v) is 4.80. The summed E-state index contributed by atoms with van der Waals surface area (Å²) < 4.78 is 39.9. The molecular formula is C26H21FN8O2S. The lowest BCUT2D eigenvalue weighted by molar-refractivity contribution is 0.586. The maximum atomic E-state index is 14.5. The Morgan fingerprint density at radius 1 is 0.974 bits per heavy atom. The third-order valence-corrected chi connectivity index (χ3v) is 6.85. The molecule has 3 N–H and O–H groups in total. The number of fused-ring (bicyclic) bond motifs is 2. The van der Waals surface area contributed by atoms with Crippen LogP contribution < -0.4 is 4.72 Å². The van der Waals surface area contributed by atoms with Gasteiger partial charge in [0.15, 0.2) is 17.1 Å². The largest absolute Gasteiger partial charge is 0.321 e. The lowest BCUT2D eigenvalue weighted by Gasteiger charge is -2.07. The molecular weight excluding hydrogens is 507 g/mol. The van der Waals surface area contributed by atoms with Crippen molar-refractivity contribution in [3.05, 3.63) is 78.1 Å². The van der Waals surface area contributed by atoms with Crippen LogP contribution in [0.1, 0.15) is 11.1 Å². The summed E-state index contributed by atoms with van der Waals surface area (Å²) in [5.74, 6) is -0.0143. The molecule has 0 unspecified atom stereocenters. The molecule has 0 amide bonds. The van der Waals surface area contributed by atoms with Crippen molar-refractivity contribution in [3.63, 3.8) is 0 Å². The summed E-state index contributed by atoms with van der Waals surface area (Å²) in [6.07, 6.45) is 7.98. The van der Waals surface area contributed by atoms with E-state index in [-0.39, 0.29) is 6.54 Å². The molecule has 5 heterocycles. The molecule has 190 valence electrons. The van der Waals surface area contributed by atoms with Crippen LogP contribution in [-0.2, 0) is 16.6 Å². The SMILES string of the molecule is Cc1ccncc1-c1cnc2[nH]nc(-c3nc4c(-c5cc(F)cc(CNS(C)(=O)=O)c5)ccnc4[nH]3)c2c1. The number of aromatic amines is 2. The quantitative estimate of drug-likeness (QED) is 0.295. The van der Waals surface area contributed by atoms with Crippen molar-refractivity contribution in [2.24, 2.45) is 0 Å². The standard InChI is InChI=1S/C26H21FN8O2S/c1-14-3-5-28-13-21(14)17-10-20-23(34-35-24(20)30-12-17)26-32-22-19(4-6-29-25(22)33-26)16-7-15(8-18(27)9-16)11-31-38(2,36)37/h3-10,12-13,31H,11H2,1-2H3,(H,29,32,33)(H,30,34,35). The Morgan fingerprint density at radius 2 is 1.84 bits per heavy atom. The van der Waals surface area contributed by atoms with Crippen molar-refractivity contribution in [3.8, 4) is 33.8 Å². The van der Waals surface area contributed by atoms with Crippen LogP contribution >= 0.6 is 0 Å². The highest BCUT2D eigenvalue weighted by molar-refractivity contribution is 7.88. The van der Waals surface area contributed by atoms with E-state index < -0.39 is 15.8 Å². The highest BCUT2D eigenvalue weighted by Gasteiger charge is 2.18. The van der Waals surface area contributed by atoms with Crippen molar-refractivity contribution in [2.45, 2.75) is 13.5 Å². The summed E-state index contributed by atoms with van der Waals surface area (Å²) in [6.45, 7) is 1.98. The summed E-state index contributed by atoms with van der Waals surface area (Å²) in [5, 5.41) is 8.16. The Balaban J connectivity index is 1.44. The zero-order chi connectivity index (χ0) is 26.4. The highest BCUT2D eigenvalue weighted by atomic mass is 32.2. The summed E-state index contributed by atoms with van der Waals surface area (Å²) in [6, 6.07) is 10.1. The van der Waals surface area contributed by atoms with Gasteiger partial charge in [0.1, 0.15) is 17.0 Å². The van der Waals surface area contributed by atoms with Crippen molar-refractivity contribution >= 4 is 32.2 Å². The van der Waals surface area contributed by atoms with Gasteiger partial charge in [0, 0.05) is 48.0 Å². The number of hydrogen-bond donors (Lipinski definition) is 3. The van der Waals surface area contributed by atoms with E-state index in [9.17, 15) is 12.8 Å². The van der Waals surface area contributed by atoms with Crippen molar-refractivity contribution in [1.82, 2.24) is 39.8 Å². The average Bonchev–Trinajstić information content (AvgIpc) is 3.50. The minimum Gasteiger partial charge on any atom is -0.321 e. The normalized spacial score (nSPS) is 12.0. The number of rotatable bonds is 6. The molecule has 0 spiro atoms. The Morgan fingerprint density at radius 3 is 2.66 bits per heavy atom. The molecule has 0 aliphatic rings. The molecule has 0 saturated heterocycles. The van der Waals surface area contributed by atoms with Crippen molar-refractivity contribution in [2.75, 3.05) is 6.26 Å². The Kier molecular flexibility index (Phi) is 5.69. The molecule has 38 heavy (non-hydrogen) atoms. The van der Waals surface area contributed by atoms with E-state index in [2.05, 4.69) is 34.9 Å². The van der Waals surface area contributed by atoms with Gasteiger partial charge in [0.05, 0.1) is 11.6 Å². The van der Waals surface area contributed by atoms with Gasteiger partial charge in [-0.15, -0.1) is 0 Å². The third-order valence-electron chi connectivity index (χ3n) is 6.18. The molecule has 0 saturated carbocycles. The van der Waals surface area contributed by atoms with Crippen LogP contribution in [0, 0.1) is 12.7 Å². The second kappa shape index (κ2) is 9.08. The number of sulfonamides is 1. The Labute approximate surface area is 216 Å². The number of halogens is 1. The Bertz CT molecular complexity index is 1950. The molecule has 6 rings (SSSR count). The second-order valence-electron chi connectivity index (χ2n) is 8.97. The molecule has 0 bridgehead atoms. The van der Waals surface area contributed by atoms with Crippen LogP contribution in [0.5, 0.6) is 0 Å². The molecule has 12 heteroatoms. The number of imidazole rings is 1. The van der Waals surface area contributed by atoms with Gasteiger partial charge in [-0.2, -0.15) is 5.10 Å². The maximum absolute atomic E-state index is 14.5. The van der Waals surface area contributed by atoms with E-state index in [0.29, 0.717) is 45.0 Å². The number of pyridine rings is 3. The minimum atomic E-state index is -3.43. The second-order valence-corrected chi connectivity index (χ2v) is 10.8. The molecule has 0 fully saturated rings. The van der Waals surface area contributed by atoms with Crippen LogP contribution in [0.15, 0.2) is 61.2 Å². The summed E-state index contributed by atoms with van der Waals surface area (Å²) in [7, 11) is -3.43. The number of H-pyrrole nitrogens is 2. The van der Waals surface area contributed by atoms with Crippen LogP contribution in [0.4, 0.5) is 4.39 Å².